The Kier molecular flexibility index (Phi) is 6.59. The van der Waals surface area contributed by atoms with Crippen molar-refractivity contribution >= 4 is 5.97 Å². The molecule has 1 aliphatic heterocycles. The predicted octanol–water partition coefficient (Wildman–Crippen LogP) is 3.74. The largest absolute Gasteiger partial charge is 0.497 e. The maximum atomic E-state index is 14.5. The molecule has 0 amide bonds. The fraction of sp³-hybridized carbons (Fsp3) is 0.409. The van der Waals surface area contributed by atoms with E-state index in [1.165, 1.54) is 13.2 Å². The lowest BCUT2D eigenvalue weighted by molar-refractivity contribution is -0.143. The van der Waals surface area contributed by atoms with Gasteiger partial charge in [0.2, 0.25) is 0 Å². The summed E-state index contributed by atoms with van der Waals surface area (Å²) < 4.78 is 30.4. The Balaban J connectivity index is 2.03. The van der Waals surface area contributed by atoms with Crippen LogP contribution in [0.4, 0.5) is 4.39 Å². The fourth-order valence-electron chi connectivity index (χ4n) is 3.89. The van der Waals surface area contributed by atoms with Crippen LogP contribution in [0.3, 0.4) is 0 Å². The van der Waals surface area contributed by atoms with Crippen molar-refractivity contribution < 1.29 is 28.5 Å². The minimum absolute atomic E-state index is 0.179. The summed E-state index contributed by atoms with van der Waals surface area (Å²) in [5.74, 6) is -0.0848. The van der Waals surface area contributed by atoms with Gasteiger partial charge in [-0.2, -0.15) is 0 Å². The van der Waals surface area contributed by atoms with Gasteiger partial charge in [-0.05, 0) is 55.8 Å². The van der Waals surface area contributed by atoms with E-state index in [0.29, 0.717) is 37.4 Å². The number of nitrogens with zero attached hydrogens (tertiary/aromatic N) is 1. The summed E-state index contributed by atoms with van der Waals surface area (Å²) in [5, 5.41) is 9.32. The number of aliphatic carboxylic acids is 1. The van der Waals surface area contributed by atoms with Crippen molar-refractivity contribution in [3.05, 3.63) is 53.3 Å². The molecule has 1 heterocycles. The molecule has 2 aromatic rings. The number of hydrogen-bond acceptors (Lipinski definition) is 5. The van der Waals surface area contributed by atoms with Crippen LogP contribution in [-0.2, 0) is 4.79 Å². The highest BCUT2D eigenvalue weighted by molar-refractivity contribution is 5.70. The van der Waals surface area contributed by atoms with Gasteiger partial charge in [-0.1, -0.05) is 6.07 Å². The van der Waals surface area contributed by atoms with Gasteiger partial charge >= 0.3 is 5.97 Å². The molecule has 1 aliphatic rings. The Morgan fingerprint density at radius 1 is 1.03 bits per heavy atom. The topological polar surface area (TPSA) is 68.2 Å². The number of likely N-dealkylation sites (tertiary alicyclic amines) is 1. The van der Waals surface area contributed by atoms with E-state index in [-0.39, 0.29) is 17.7 Å². The van der Waals surface area contributed by atoms with Gasteiger partial charge in [-0.15, -0.1) is 0 Å². The zero-order valence-electron chi connectivity index (χ0n) is 16.9. The summed E-state index contributed by atoms with van der Waals surface area (Å²) in [6, 6.07) is 10.2. The highest BCUT2D eigenvalue weighted by atomic mass is 19.1. The monoisotopic (exact) mass is 403 g/mol. The third kappa shape index (κ3) is 4.45. The maximum absolute atomic E-state index is 14.5. The number of carboxylic acids is 1. The predicted molar refractivity (Wildman–Crippen MR) is 106 cm³/mol. The molecule has 1 unspecified atom stereocenters. The molecule has 0 aliphatic carbocycles. The van der Waals surface area contributed by atoms with Crippen LogP contribution in [0, 0.1) is 11.7 Å². The minimum atomic E-state index is -0.765. The van der Waals surface area contributed by atoms with Crippen molar-refractivity contribution in [1.82, 2.24) is 4.90 Å². The van der Waals surface area contributed by atoms with Crippen LogP contribution in [0.15, 0.2) is 36.4 Å². The molecule has 0 saturated carbocycles. The number of carbonyl (C=O) groups is 1. The summed E-state index contributed by atoms with van der Waals surface area (Å²) in [4.78, 5) is 13.5. The van der Waals surface area contributed by atoms with Crippen molar-refractivity contribution in [1.29, 1.82) is 0 Å². The lowest BCUT2D eigenvalue weighted by Crippen LogP contribution is -2.39. The lowest BCUT2D eigenvalue weighted by Gasteiger charge is -2.37. The summed E-state index contributed by atoms with van der Waals surface area (Å²) in [5.41, 5.74) is 1.62. The molecule has 0 radical (unpaired) electrons. The summed E-state index contributed by atoms with van der Waals surface area (Å²) in [6.45, 7) is 1.18. The third-order valence-corrected chi connectivity index (χ3v) is 5.47. The van der Waals surface area contributed by atoms with Gasteiger partial charge in [0.15, 0.2) is 11.6 Å². The Morgan fingerprint density at radius 2 is 1.72 bits per heavy atom. The number of hydrogen-bond donors (Lipinski definition) is 1. The van der Waals surface area contributed by atoms with Crippen LogP contribution in [0.5, 0.6) is 17.2 Å². The standard InChI is InChI=1S/C22H26FNO5/c1-27-16-5-6-17(20(13-16)29-3)21(15-4-7-19(28-2)18(23)12-15)24-10-8-14(9-11-24)22(25)26/h4-7,12-14,21H,8-11H2,1-3H3,(H,25,26). The van der Waals surface area contributed by atoms with E-state index in [1.807, 2.05) is 18.2 Å². The number of ether oxygens (including phenoxy) is 3. The number of methoxy groups -OCH3 is 3. The highest BCUT2D eigenvalue weighted by Crippen LogP contribution is 2.39. The Morgan fingerprint density at radius 3 is 2.28 bits per heavy atom. The lowest BCUT2D eigenvalue weighted by atomic mass is 9.90. The highest BCUT2D eigenvalue weighted by Gasteiger charge is 2.32. The molecule has 3 rings (SSSR count). The van der Waals surface area contributed by atoms with Gasteiger partial charge in [0.1, 0.15) is 11.5 Å². The van der Waals surface area contributed by atoms with Crippen LogP contribution >= 0.6 is 0 Å². The second kappa shape index (κ2) is 9.13. The molecular formula is C22H26FNO5. The Bertz CT molecular complexity index is 864. The van der Waals surface area contributed by atoms with E-state index in [9.17, 15) is 14.3 Å². The quantitative estimate of drug-likeness (QED) is 0.760. The Hall–Kier alpha value is -2.80. The second-order valence-electron chi connectivity index (χ2n) is 7.05. The SMILES string of the molecule is COc1ccc(C(c2ccc(OC)c(F)c2)N2CCC(C(=O)O)CC2)c(OC)c1. The molecule has 156 valence electrons. The average Bonchev–Trinajstić information content (AvgIpc) is 2.74. The fourth-order valence-corrected chi connectivity index (χ4v) is 3.89. The molecule has 1 saturated heterocycles. The molecule has 1 N–H and O–H groups in total. The van der Waals surface area contributed by atoms with Crippen molar-refractivity contribution in [3.8, 4) is 17.2 Å². The molecule has 0 aromatic heterocycles. The first-order valence-corrected chi connectivity index (χ1v) is 9.50. The van der Waals surface area contributed by atoms with Crippen molar-refractivity contribution in [2.24, 2.45) is 5.92 Å². The second-order valence-corrected chi connectivity index (χ2v) is 7.05. The minimum Gasteiger partial charge on any atom is -0.497 e. The summed E-state index contributed by atoms with van der Waals surface area (Å²) in [6.07, 6.45) is 1.09. The summed E-state index contributed by atoms with van der Waals surface area (Å²) >= 11 is 0. The first-order chi connectivity index (χ1) is 14.0. The summed E-state index contributed by atoms with van der Waals surface area (Å²) in [7, 11) is 4.60. The number of rotatable bonds is 7. The molecular weight excluding hydrogens is 377 g/mol. The van der Waals surface area contributed by atoms with E-state index in [0.717, 1.165) is 11.1 Å². The van der Waals surface area contributed by atoms with E-state index >= 15 is 0 Å². The van der Waals surface area contributed by atoms with Gasteiger partial charge in [0.05, 0.1) is 33.3 Å². The van der Waals surface area contributed by atoms with Gasteiger partial charge in [-0.25, -0.2) is 4.39 Å². The van der Waals surface area contributed by atoms with Crippen LogP contribution in [-0.4, -0.2) is 50.4 Å². The van der Waals surface area contributed by atoms with E-state index in [4.69, 9.17) is 14.2 Å². The Labute approximate surface area is 169 Å². The number of carboxylic acid groups (broad SMARTS) is 1. The third-order valence-electron chi connectivity index (χ3n) is 5.47. The number of halogens is 1. The molecule has 6 nitrogen and oxygen atoms in total. The van der Waals surface area contributed by atoms with Gasteiger partial charge in [-0.3, -0.25) is 9.69 Å². The molecule has 2 aromatic carbocycles. The normalized spacial score (nSPS) is 16.3. The zero-order valence-corrected chi connectivity index (χ0v) is 16.9. The van der Waals surface area contributed by atoms with Crippen molar-refractivity contribution in [2.75, 3.05) is 34.4 Å². The number of benzene rings is 2. The van der Waals surface area contributed by atoms with Crippen molar-refractivity contribution in [3.63, 3.8) is 0 Å². The molecule has 0 spiro atoms. The first-order valence-electron chi connectivity index (χ1n) is 9.50. The molecule has 1 atom stereocenters. The molecule has 1 fully saturated rings. The number of piperidine rings is 1. The van der Waals surface area contributed by atoms with E-state index in [2.05, 4.69) is 4.90 Å². The van der Waals surface area contributed by atoms with Gasteiger partial charge < -0.3 is 19.3 Å². The molecule has 29 heavy (non-hydrogen) atoms. The molecule has 7 heteroatoms. The molecule has 0 bridgehead atoms. The van der Waals surface area contributed by atoms with Gasteiger partial charge in [0, 0.05) is 11.6 Å². The smallest absolute Gasteiger partial charge is 0.306 e. The van der Waals surface area contributed by atoms with Crippen molar-refractivity contribution in [2.45, 2.75) is 18.9 Å². The first kappa shape index (κ1) is 20.9. The van der Waals surface area contributed by atoms with Crippen LogP contribution in [0.2, 0.25) is 0 Å². The van der Waals surface area contributed by atoms with Crippen LogP contribution in [0.1, 0.15) is 30.0 Å². The van der Waals surface area contributed by atoms with Crippen LogP contribution < -0.4 is 14.2 Å². The maximum Gasteiger partial charge on any atom is 0.306 e. The average molecular weight is 403 g/mol. The van der Waals surface area contributed by atoms with E-state index in [1.54, 1.807) is 26.4 Å². The van der Waals surface area contributed by atoms with E-state index < -0.39 is 11.8 Å². The van der Waals surface area contributed by atoms with Gasteiger partial charge in [0.25, 0.3) is 0 Å². The van der Waals surface area contributed by atoms with Crippen LogP contribution in [0.25, 0.3) is 0 Å². The zero-order chi connectivity index (χ0) is 21.0.